The number of aromatic nitrogens is 4. The molecule has 1 aliphatic rings. The Bertz CT molecular complexity index is 1520. The predicted molar refractivity (Wildman–Crippen MR) is 156 cm³/mol. The minimum absolute atomic E-state index is 0.0479. The topological polar surface area (TPSA) is 152 Å². The zero-order valence-corrected chi connectivity index (χ0v) is 25.6. The molecule has 4 rings (SSSR count). The van der Waals surface area contributed by atoms with Crippen LogP contribution >= 0.6 is 11.6 Å². The van der Waals surface area contributed by atoms with Crippen molar-refractivity contribution in [3.63, 3.8) is 0 Å². The quantitative estimate of drug-likeness (QED) is 0.266. The van der Waals surface area contributed by atoms with E-state index in [1.165, 1.54) is 15.2 Å². The summed E-state index contributed by atoms with van der Waals surface area (Å²) in [5.74, 6) is 1.00. The molecule has 2 aromatic heterocycles. The number of ether oxygens (including phenoxy) is 1. The molecule has 3 N–H and O–H groups in total. The van der Waals surface area contributed by atoms with E-state index in [0.29, 0.717) is 24.5 Å². The Morgan fingerprint density at radius 1 is 1.20 bits per heavy atom. The molecule has 0 aliphatic carbocycles. The second-order valence-electron chi connectivity index (χ2n) is 10.5. The molecular formula is C25H34ClN7O5S2. The summed E-state index contributed by atoms with van der Waals surface area (Å²) in [7, 11) is -2.01. The van der Waals surface area contributed by atoms with Crippen molar-refractivity contribution >= 4 is 55.8 Å². The molecule has 0 bridgehead atoms. The van der Waals surface area contributed by atoms with Crippen molar-refractivity contribution in [1.82, 2.24) is 24.1 Å². The number of sulfone groups is 1. The van der Waals surface area contributed by atoms with Crippen LogP contribution in [0.2, 0.25) is 5.02 Å². The number of nitrogens with zero attached hydrogens (tertiary/aromatic N) is 5. The van der Waals surface area contributed by atoms with Gasteiger partial charge in [0.25, 0.3) is 0 Å². The number of halogens is 1. The summed E-state index contributed by atoms with van der Waals surface area (Å²) in [6.07, 6.45) is 2.86. The Morgan fingerprint density at radius 3 is 2.52 bits per heavy atom. The van der Waals surface area contributed by atoms with Crippen LogP contribution in [0.4, 0.5) is 23.1 Å². The normalized spacial score (nSPS) is 15.3. The van der Waals surface area contributed by atoms with Gasteiger partial charge in [-0.05, 0) is 49.9 Å². The molecule has 3 heterocycles. The van der Waals surface area contributed by atoms with Crippen LogP contribution in [0.3, 0.4) is 0 Å². The molecular weight excluding hydrogens is 578 g/mol. The number of benzene rings is 1. The molecule has 3 aromatic rings. The Kier molecular flexibility index (Phi) is 9.05. The highest BCUT2D eigenvalue weighted by atomic mass is 35.5. The zero-order chi connectivity index (χ0) is 29.4. The average molecular weight is 612 g/mol. The van der Waals surface area contributed by atoms with Gasteiger partial charge in [-0.1, -0.05) is 25.4 Å². The lowest BCUT2D eigenvalue weighted by Crippen LogP contribution is -2.45. The van der Waals surface area contributed by atoms with Crippen LogP contribution in [0.5, 0.6) is 5.75 Å². The number of aryl methyl sites for hydroxylation is 2. The second-order valence-corrected chi connectivity index (χ2v) is 13.8. The van der Waals surface area contributed by atoms with E-state index in [9.17, 15) is 17.2 Å². The smallest absolute Gasteiger partial charge is 0.234 e. The van der Waals surface area contributed by atoms with Gasteiger partial charge in [-0.15, -0.1) is 0 Å². The largest absolute Gasteiger partial charge is 0.489 e. The van der Waals surface area contributed by atoms with Gasteiger partial charge in [-0.25, -0.2) is 17.6 Å². The number of nitrogens with one attached hydrogen (secondary N) is 2. The Hall–Kier alpha value is -2.78. The van der Waals surface area contributed by atoms with Gasteiger partial charge in [0.15, 0.2) is 15.7 Å². The first kappa shape index (κ1) is 30.2. The van der Waals surface area contributed by atoms with Gasteiger partial charge >= 0.3 is 0 Å². The lowest BCUT2D eigenvalue weighted by atomic mass is 9.89. The van der Waals surface area contributed by atoms with Crippen LogP contribution in [0.1, 0.15) is 44.7 Å². The number of hydrogen-bond donors (Lipinski definition) is 3. The molecule has 15 heteroatoms. The average Bonchev–Trinajstić information content (AvgIpc) is 3.17. The molecule has 1 aromatic carbocycles. The molecule has 0 saturated carbocycles. The van der Waals surface area contributed by atoms with E-state index in [1.54, 1.807) is 13.2 Å². The van der Waals surface area contributed by atoms with Crippen molar-refractivity contribution in [2.45, 2.75) is 51.7 Å². The fourth-order valence-electron chi connectivity index (χ4n) is 4.42. The van der Waals surface area contributed by atoms with Crippen molar-refractivity contribution in [3.05, 3.63) is 40.7 Å². The van der Waals surface area contributed by atoms with Gasteiger partial charge in [0.2, 0.25) is 22.2 Å². The third-order valence-corrected chi connectivity index (χ3v) is 9.14. The standard InChI is InChI=1S/C25H34ClN7O5S2/c1-14(2)13-40(36,37)24-21(12-32(6)31-24)28-23-19(26)9-27-25(30-23)29-20-7-16(5)18(8-22(20)38-15(3)4)17-10-33(11-17)39(34)35/h7-9,12,14-15,17H,10-11,13H2,1-6H3,(H,34,35)(H2,27,28,29,30). The summed E-state index contributed by atoms with van der Waals surface area (Å²) in [4.78, 5) is 8.80. The van der Waals surface area contributed by atoms with E-state index in [2.05, 4.69) is 25.7 Å². The maximum atomic E-state index is 12.9. The first-order valence-electron chi connectivity index (χ1n) is 12.7. The summed E-state index contributed by atoms with van der Waals surface area (Å²) >= 11 is 4.40. The van der Waals surface area contributed by atoms with Gasteiger partial charge in [-0.2, -0.15) is 14.4 Å². The van der Waals surface area contributed by atoms with E-state index in [0.717, 1.165) is 11.1 Å². The summed E-state index contributed by atoms with van der Waals surface area (Å²) in [5, 5.41) is 10.5. The summed E-state index contributed by atoms with van der Waals surface area (Å²) in [5.41, 5.74) is 2.91. The summed E-state index contributed by atoms with van der Waals surface area (Å²) < 4.78 is 55.5. The minimum Gasteiger partial charge on any atom is -0.489 e. The molecule has 1 atom stereocenters. The van der Waals surface area contributed by atoms with Crippen LogP contribution in [-0.2, 0) is 28.2 Å². The summed E-state index contributed by atoms with van der Waals surface area (Å²) in [6.45, 7) is 10.4. The van der Waals surface area contributed by atoms with Gasteiger partial charge < -0.3 is 15.4 Å². The highest BCUT2D eigenvalue weighted by Crippen LogP contribution is 2.38. The van der Waals surface area contributed by atoms with Crippen LogP contribution in [0.15, 0.2) is 29.6 Å². The zero-order valence-electron chi connectivity index (χ0n) is 23.2. The third-order valence-electron chi connectivity index (χ3n) is 6.13. The lowest BCUT2D eigenvalue weighted by molar-refractivity contribution is 0.240. The molecule has 12 nitrogen and oxygen atoms in total. The van der Waals surface area contributed by atoms with E-state index in [4.69, 9.17) is 16.3 Å². The molecule has 1 aliphatic heterocycles. The fourth-order valence-corrected chi connectivity index (χ4v) is 6.90. The van der Waals surface area contributed by atoms with E-state index < -0.39 is 21.1 Å². The lowest BCUT2D eigenvalue weighted by Gasteiger charge is -2.37. The molecule has 0 amide bonds. The van der Waals surface area contributed by atoms with Crippen molar-refractivity contribution in [2.24, 2.45) is 13.0 Å². The molecule has 1 fully saturated rings. The van der Waals surface area contributed by atoms with Crippen LogP contribution < -0.4 is 15.4 Å². The molecule has 218 valence electrons. The van der Waals surface area contributed by atoms with E-state index in [-0.39, 0.29) is 51.2 Å². The van der Waals surface area contributed by atoms with Crippen molar-refractivity contribution < 1.29 is 21.9 Å². The van der Waals surface area contributed by atoms with Crippen LogP contribution in [-0.4, -0.2) is 66.2 Å². The molecule has 0 radical (unpaired) electrons. The SMILES string of the molecule is Cc1cc(Nc2ncc(Cl)c(Nc3cn(C)nc3S(=O)(=O)CC(C)C)n2)c(OC(C)C)cc1C1CN(S(=O)O)C1. The highest BCUT2D eigenvalue weighted by Gasteiger charge is 2.33. The first-order chi connectivity index (χ1) is 18.7. The van der Waals surface area contributed by atoms with Crippen LogP contribution in [0.25, 0.3) is 0 Å². The van der Waals surface area contributed by atoms with Crippen LogP contribution in [0, 0.1) is 12.8 Å². The van der Waals surface area contributed by atoms with Gasteiger partial charge in [0.05, 0.1) is 29.4 Å². The van der Waals surface area contributed by atoms with Crippen molar-refractivity contribution in [1.29, 1.82) is 0 Å². The Labute approximate surface area is 241 Å². The van der Waals surface area contributed by atoms with Gasteiger partial charge in [0, 0.05) is 32.3 Å². The second kappa shape index (κ2) is 12.0. The molecule has 0 spiro atoms. The number of hydrogen-bond acceptors (Lipinski definition) is 9. The minimum atomic E-state index is -3.65. The Balaban J connectivity index is 1.62. The van der Waals surface area contributed by atoms with E-state index in [1.807, 2.05) is 46.8 Å². The monoisotopic (exact) mass is 611 g/mol. The van der Waals surface area contributed by atoms with Crippen molar-refractivity contribution in [3.8, 4) is 5.75 Å². The summed E-state index contributed by atoms with van der Waals surface area (Å²) in [6, 6.07) is 3.87. The van der Waals surface area contributed by atoms with Gasteiger partial charge in [0.1, 0.15) is 10.8 Å². The predicted octanol–water partition coefficient (Wildman–Crippen LogP) is 4.41. The molecule has 40 heavy (non-hydrogen) atoms. The first-order valence-corrected chi connectivity index (χ1v) is 15.8. The molecule has 1 saturated heterocycles. The maximum absolute atomic E-state index is 12.9. The van der Waals surface area contributed by atoms with E-state index >= 15 is 0 Å². The number of rotatable bonds is 11. The maximum Gasteiger partial charge on any atom is 0.234 e. The van der Waals surface area contributed by atoms with Gasteiger partial charge in [-0.3, -0.25) is 9.23 Å². The third kappa shape index (κ3) is 6.92. The Morgan fingerprint density at radius 2 is 1.90 bits per heavy atom. The van der Waals surface area contributed by atoms with Crippen molar-refractivity contribution in [2.75, 3.05) is 29.5 Å². The number of anilines is 4. The highest BCUT2D eigenvalue weighted by molar-refractivity contribution is 7.91. The fraction of sp³-hybridized carbons (Fsp3) is 0.480. The molecule has 1 unspecified atom stereocenters.